The monoisotopic (exact) mass is 197 g/mol. The van der Waals surface area contributed by atoms with Gasteiger partial charge in [-0.2, -0.15) is 0 Å². The highest BCUT2D eigenvalue weighted by Gasteiger charge is 2.12. The molecule has 0 fully saturated rings. The number of ether oxygens (including phenoxy) is 1. The molecule has 80 valence electrons. The van der Waals surface area contributed by atoms with E-state index < -0.39 is 0 Å². The molecule has 3 heteroatoms. The highest BCUT2D eigenvalue weighted by atomic mass is 16.5. The molecule has 0 aliphatic heterocycles. The summed E-state index contributed by atoms with van der Waals surface area (Å²) >= 11 is 0. The SMILES string of the molecule is CCCNC(COC)c1coc(C)c1. The van der Waals surface area contributed by atoms with Crippen molar-refractivity contribution < 1.29 is 9.15 Å². The number of rotatable bonds is 6. The molecular formula is C11H19NO2. The first-order valence-electron chi connectivity index (χ1n) is 5.05. The van der Waals surface area contributed by atoms with E-state index in [2.05, 4.69) is 12.2 Å². The average Bonchev–Trinajstić information content (AvgIpc) is 2.59. The topological polar surface area (TPSA) is 34.4 Å². The van der Waals surface area contributed by atoms with Crippen molar-refractivity contribution in [2.75, 3.05) is 20.3 Å². The molecule has 1 N–H and O–H groups in total. The molecule has 3 nitrogen and oxygen atoms in total. The summed E-state index contributed by atoms with van der Waals surface area (Å²) in [5.41, 5.74) is 1.16. The van der Waals surface area contributed by atoms with E-state index in [1.54, 1.807) is 13.4 Å². The predicted octanol–water partition coefficient (Wildman–Crippen LogP) is 2.28. The molecule has 0 spiro atoms. The minimum atomic E-state index is 0.248. The van der Waals surface area contributed by atoms with Gasteiger partial charge in [-0.1, -0.05) is 6.92 Å². The molecule has 0 aliphatic carbocycles. The first kappa shape index (κ1) is 11.3. The largest absolute Gasteiger partial charge is 0.469 e. The minimum absolute atomic E-state index is 0.248. The lowest BCUT2D eigenvalue weighted by Crippen LogP contribution is -2.25. The van der Waals surface area contributed by atoms with Gasteiger partial charge in [-0.05, 0) is 26.0 Å². The van der Waals surface area contributed by atoms with Gasteiger partial charge in [-0.3, -0.25) is 0 Å². The molecule has 0 amide bonds. The van der Waals surface area contributed by atoms with Crippen molar-refractivity contribution in [3.63, 3.8) is 0 Å². The third kappa shape index (κ3) is 3.16. The zero-order valence-electron chi connectivity index (χ0n) is 9.17. The summed E-state index contributed by atoms with van der Waals surface area (Å²) in [5.74, 6) is 0.944. The zero-order valence-corrected chi connectivity index (χ0v) is 9.17. The third-order valence-corrected chi connectivity index (χ3v) is 2.13. The van der Waals surface area contributed by atoms with Crippen molar-refractivity contribution in [2.45, 2.75) is 26.3 Å². The molecule has 1 atom stereocenters. The smallest absolute Gasteiger partial charge is 0.101 e. The van der Waals surface area contributed by atoms with E-state index in [9.17, 15) is 0 Å². The van der Waals surface area contributed by atoms with Crippen molar-refractivity contribution in [3.05, 3.63) is 23.7 Å². The van der Waals surface area contributed by atoms with Crippen LogP contribution >= 0.6 is 0 Å². The standard InChI is InChI=1S/C11H19NO2/c1-4-5-12-11(8-13-3)10-6-9(2)14-7-10/h6-7,11-12H,4-5,8H2,1-3H3. The first-order valence-corrected chi connectivity index (χ1v) is 5.05. The molecule has 1 rings (SSSR count). The van der Waals surface area contributed by atoms with Crippen LogP contribution in [0.25, 0.3) is 0 Å². The Morgan fingerprint density at radius 1 is 1.57 bits per heavy atom. The zero-order chi connectivity index (χ0) is 10.4. The highest BCUT2D eigenvalue weighted by molar-refractivity contribution is 5.16. The second kappa shape index (κ2) is 5.83. The van der Waals surface area contributed by atoms with Gasteiger partial charge in [0.2, 0.25) is 0 Å². The molecule has 14 heavy (non-hydrogen) atoms. The van der Waals surface area contributed by atoms with E-state index in [1.165, 1.54) is 0 Å². The molecule has 0 aliphatic rings. The summed E-state index contributed by atoms with van der Waals surface area (Å²) in [6, 6.07) is 2.30. The normalized spacial score (nSPS) is 13.1. The molecule has 1 aromatic heterocycles. The maximum absolute atomic E-state index is 5.28. The third-order valence-electron chi connectivity index (χ3n) is 2.13. The van der Waals surface area contributed by atoms with Crippen LogP contribution < -0.4 is 5.32 Å². The summed E-state index contributed by atoms with van der Waals surface area (Å²) < 4.78 is 10.4. The Morgan fingerprint density at radius 3 is 2.86 bits per heavy atom. The fraction of sp³-hybridized carbons (Fsp3) is 0.636. The second-order valence-corrected chi connectivity index (χ2v) is 3.45. The van der Waals surface area contributed by atoms with Crippen LogP contribution in [0.5, 0.6) is 0 Å². The van der Waals surface area contributed by atoms with Gasteiger partial charge in [0.05, 0.1) is 18.9 Å². The molecule has 0 saturated heterocycles. The Hall–Kier alpha value is -0.800. The van der Waals surface area contributed by atoms with Gasteiger partial charge in [-0.25, -0.2) is 0 Å². The second-order valence-electron chi connectivity index (χ2n) is 3.45. The summed E-state index contributed by atoms with van der Waals surface area (Å²) in [7, 11) is 1.72. The molecule has 0 radical (unpaired) electrons. The van der Waals surface area contributed by atoms with Crippen LogP contribution in [-0.2, 0) is 4.74 Å². The summed E-state index contributed by atoms with van der Waals surface area (Å²) in [6.07, 6.45) is 2.92. The molecule has 1 heterocycles. The highest BCUT2D eigenvalue weighted by Crippen LogP contribution is 2.16. The lowest BCUT2D eigenvalue weighted by atomic mass is 10.1. The summed E-state index contributed by atoms with van der Waals surface area (Å²) in [6.45, 7) is 5.78. The number of nitrogens with one attached hydrogen (secondary N) is 1. The van der Waals surface area contributed by atoms with Gasteiger partial charge < -0.3 is 14.5 Å². The maximum atomic E-state index is 5.28. The van der Waals surface area contributed by atoms with E-state index in [-0.39, 0.29) is 6.04 Å². The minimum Gasteiger partial charge on any atom is -0.469 e. The van der Waals surface area contributed by atoms with Crippen LogP contribution in [0, 0.1) is 6.92 Å². The van der Waals surface area contributed by atoms with Crippen molar-refractivity contribution in [2.24, 2.45) is 0 Å². The Kier molecular flexibility index (Phi) is 4.70. The summed E-state index contributed by atoms with van der Waals surface area (Å²) in [5, 5.41) is 3.41. The van der Waals surface area contributed by atoms with E-state index in [4.69, 9.17) is 9.15 Å². The van der Waals surface area contributed by atoms with E-state index in [0.717, 1.165) is 24.3 Å². The van der Waals surface area contributed by atoms with Crippen molar-refractivity contribution in [3.8, 4) is 0 Å². The van der Waals surface area contributed by atoms with Gasteiger partial charge in [0.1, 0.15) is 5.76 Å². The van der Waals surface area contributed by atoms with E-state index in [1.807, 2.05) is 13.0 Å². The van der Waals surface area contributed by atoms with Gasteiger partial charge in [0, 0.05) is 12.7 Å². The Bertz CT molecular complexity index is 258. The number of hydrogen-bond donors (Lipinski definition) is 1. The van der Waals surface area contributed by atoms with Crippen LogP contribution in [-0.4, -0.2) is 20.3 Å². The summed E-state index contributed by atoms with van der Waals surface area (Å²) in [4.78, 5) is 0. The molecule has 1 aromatic rings. The van der Waals surface area contributed by atoms with Crippen LogP contribution in [0.1, 0.15) is 30.7 Å². The van der Waals surface area contributed by atoms with Crippen LogP contribution in [0.15, 0.2) is 16.7 Å². The molecular weight excluding hydrogens is 178 g/mol. The van der Waals surface area contributed by atoms with Crippen LogP contribution in [0.4, 0.5) is 0 Å². The quantitative estimate of drug-likeness (QED) is 0.759. The van der Waals surface area contributed by atoms with Gasteiger partial charge >= 0.3 is 0 Å². The van der Waals surface area contributed by atoms with Crippen molar-refractivity contribution >= 4 is 0 Å². The van der Waals surface area contributed by atoms with Gasteiger partial charge in [0.25, 0.3) is 0 Å². The average molecular weight is 197 g/mol. The van der Waals surface area contributed by atoms with E-state index >= 15 is 0 Å². The first-order chi connectivity index (χ1) is 6.77. The lowest BCUT2D eigenvalue weighted by Gasteiger charge is -2.15. The van der Waals surface area contributed by atoms with Crippen molar-refractivity contribution in [1.82, 2.24) is 5.32 Å². The lowest BCUT2D eigenvalue weighted by molar-refractivity contribution is 0.167. The number of aryl methyl sites for hydroxylation is 1. The predicted molar refractivity (Wildman–Crippen MR) is 56.4 cm³/mol. The Balaban J connectivity index is 2.57. The molecule has 0 aromatic carbocycles. The van der Waals surface area contributed by atoms with E-state index in [0.29, 0.717) is 6.61 Å². The van der Waals surface area contributed by atoms with Crippen molar-refractivity contribution in [1.29, 1.82) is 0 Å². The Morgan fingerprint density at radius 2 is 2.36 bits per heavy atom. The van der Waals surface area contributed by atoms with Gasteiger partial charge in [0.15, 0.2) is 0 Å². The van der Waals surface area contributed by atoms with Crippen LogP contribution in [0.2, 0.25) is 0 Å². The Labute approximate surface area is 85.4 Å². The number of hydrogen-bond acceptors (Lipinski definition) is 3. The molecule has 1 unspecified atom stereocenters. The molecule has 0 bridgehead atoms. The fourth-order valence-electron chi connectivity index (χ4n) is 1.40. The number of furan rings is 1. The molecule has 0 saturated carbocycles. The number of methoxy groups -OCH3 is 1. The fourth-order valence-corrected chi connectivity index (χ4v) is 1.40. The van der Waals surface area contributed by atoms with Crippen LogP contribution in [0.3, 0.4) is 0 Å². The maximum Gasteiger partial charge on any atom is 0.101 e. The van der Waals surface area contributed by atoms with Gasteiger partial charge in [-0.15, -0.1) is 0 Å².